The van der Waals surface area contributed by atoms with Gasteiger partial charge < -0.3 is 15.5 Å². The molecular formula is C12H16ClNO3. The number of aromatic hydroxyl groups is 2. The third-order valence-corrected chi connectivity index (χ3v) is 2.53. The van der Waals surface area contributed by atoms with Gasteiger partial charge in [-0.1, -0.05) is 6.07 Å². The maximum absolute atomic E-state index is 11.7. The summed E-state index contributed by atoms with van der Waals surface area (Å²) in [4.78, 5) is 11.7. The molecule has 4 nitrogen and oxygen atoms in total. The number of amides is 1. The number of rotatable bonds is 5. The minimum atomic E-state index is -0.483. The smallest absolute Gasteiger partial charge is 0.258 e. The lowest BCUT2D eigenvalue weighted by atomic mass is 10.1. The van der Waals surface area contributed by atoms with Crippen LogP contribution in [0.3, 0.4) is 0 Å². The Balaban J connectivity index is 2.53. The summed E-state index contributed by atoms with van der Waals surface area (Å²) in [7, 11) is 0. The third-order valence-electron chi connectivity index (χ3n) is 2.31. The van der Waals surface area contributed by atoms with Gasteiger partial charge >= 0.3 is 0 Å². The summed E-state index contributed by atoms with van der Waals surface area (Å²) in [5.74, 6) is -0.941. The molecule has 0 saturated heterocycles. The Morgan fingerprint density at radius 1 is 1.41 bits per heavy atom. The third kappa shape index (κ3) is 4.15. The summed E-state index contributed by atoms with van der Waals surface area (Å²) >= 11 is 5.77. The van der Waals surface area contributed by atoms with Crippen LogP contribution in [0.25, 0.3) is 0 Å². The average molecular weight is 258 g/mol. The van der Waals surface area contributed by atoms with Crippen molar-refractivity contribution in [1.29, 1.82) is 0 Å². The zero-order valence-corrected chi connectivity index (χ0v) is 10.4. The maximum Gasteiger partial charge on any atom is 0.258 e. The molecule has 5 heteroatoms. The van der Waals surface area contributed by atoms with Crippen LogP contribution >= 0.6 is 11.6 Å². The van der Waals surface area contributed by atoms with Crippen molar-refractivity contribution in [3.63, 3.8) is 0 Å². The zero-order chi connectivity index (χ0) is 12.8. The SMILES string of the molecule is CC(Cl)CCCNC(=O)c1c(O)cccc1O. The zero-order valence-electron chi connectivity index (χ0n) is 9.61. The van der Waals surface area contributed by atoms with E-state index in [2.05, 4.69) is 5.32 Å². The van der Waals surface area contributed by atoms with Crippen LogP contribution in [0.5, 0.6) is 11.5 Å². The number of carbonyl (C=O) groups excluding carboxylic acids is 1. The molecule has 0 aliphatic rings. The van der Waals surface area contributed by atoms with E-state index in [1.54, 1.807) is 0 Å². The summed E-state index contributed by atoms with van der Waals surface area (Å²) in [5, 5.41) is 21.6. The fraction of sp³-hybridized carbons (Fsp3) is 0.417. The van der Waals surface area contributed by atoms with Crippen LogP contribution in [-0.4, -0.2) is 28.0 Å². The van der Waals surface area contributed by atoms with Crippen molar-refractivity contribution in [2.75, 3.05) is 6.54 Å². The van der Waals surface area contributed by atoms with Gasteiger partial charge in [0.25, 0.3) is 5.91 Å². The monoisotopic (exact) mass is 257 g/mol. The molecule has 1 rings (SSSR count). The molecule has 0 radical (unpaired) electrons. The lowest BCUT2D eigenvalue weighted by Crippen LogP contribution is -2.25. The highest BCUT2D eigenvalue weighted by Crippen LogP contribution is 2.25. The normalized spacial score (nSPS) is 12.1. The lowest BCUT2D eigenvalue weighted by molar-refractivity contribution is 0.0947. The summed E-state index contributed by atoms with van der Waals surface area (Å²) in [6.45, 7) is 2.35. The number of phenolic OH excluding ortho intramolecular Hbond substituents is 2. The van der Waals surface area contributed by atoms with E-state index in [0.717, 1.165) is 12.8 Å². The Morgan fingerprint density at radius 3 is 2.53 bits per heavy atom. The van der Waals surface area contributed by atoms with Crippen LogP contribution in [-0.2, 0) is 0 Å². The lowest BCUT2D eigenvalue weighted by Gasteiger charge is -2.08. The van der Waals surface area contributed by atoms with E-state index in [9.17, 15) is 15.0 Å². The Bertz CT molecular complexity index is 373. The average Bonchev–Trinajstić information content (AvgIpc) is 2.24. The summed E-state index contributed by atoms with van der Waals surface area (Å²) in [5.41, 5.74) is -0.0913. The number of carbonyl (C=O) groups is 1. The van der Waals surface area contributed by atoms with E-state index < -0.39 is 5.91 Å². The first kappa shape index (κ1) is 13.6. The topological polar surface area (TPSA) is 69.6 Å². The number of nitrogens with one attached hydrogen (secondary N) is 1. The Labute approximate surface area is 105 Å². The highest BCUT2D eigenvalue weighted by Gasteiger charge is 2.15. The van der Waals surface area contributed by atoms with Crippen molar-refractivity contribution in [2.24, 2.45) is 0 Å². The second-order valence-corrected chi connectivity index (χ2v) is 4.60. The van der Waals surface area contributed by atoms with Crippen LogP contribution < -0.4 is 5.32 Å². The number of halogens is 1. The fourth-order valence-electron chi connectivity index (χ4n) is 1.43. The van der Waals surface area contributed by atoms with Crippen LogP contribution in [0.1, 0.15) is 30.1 Å². The van der Waals surface area contributed by atoms with E-state index >= 15 is 0 Å². The van der Waals surface area contributed by atoms with Gasteiger partial charge in [-0.3, -0.25) is 4.79 Å². The van der Waals surface area contributed by atoms with E-state index in [-0.39, 0.29) is 22.4 Å². The molecule has 1 atom stereocenters. The predicted octanol–water partition coefficient (Wildman–Crippen LogP) is 2.24. The van der Waals surface area contributed by atoms with Crippen molar-refractivity contribution in [3.05, 3.63) is 23.8 Å². The van der Waals surface area contributed by atoms with Crippen LogP contribution in [0.15, 0.2) is 18.2 Å². The molecule has 1 amide bonds. The minimum Gasteiger partial charge on any atom is -0.507 e. The summed E-state index contributed by atoms with van der Waals surface area (Å²) in [6.07, 6.45) is 1.55. The van der Waals surface area contributed by atoms with Crippen molar-refractivity contribution in [2.45, 2.75) is 25.1 Å². The molecular weight excluding hydrogens is 242 g/mol. The molecule has 0 saturated carbocycles. The molecule has 94 valence electrons. The van der Waals surface area contributed by atoms with Crippen molar-refractivity contribution in [1.82, 2.24) is 5.32 Å². The maximum atomic E-state index is 11.7. The molecule has 0 spiro atoms. The molecule has 1 aromatic rings. The van der Waals surface area contributed by atoms with Crippen molar-refractivity contribution < 1.29 is 15.0 Å². The van der Waals surface area contributed by atoms with Crippen LogP contribution in [0.2, 0.25) is 0 Å². The molecule has 0 aromatic heterocycles. The van der Waals surface area contributed by atoms with Gasteiger partial charge in [-0.2, -0.15) is 0 Å². The second-order valence-electron chi connectivity index (χ2n) is 3.85. The van der Waals surface area contributed by atoms with Gasteiger partial charge in [-0.25, -0.2) is 0 Å². The van der Waals surface area contributed by atoms with Gasteiger partial charge in [0.1, 0.15) is 17.1 Å². The quantitative estimate of drug-likeness (QED) is 0.560. The largest absolute Gasteiger partial charge is 0.507 e. The van der Waals surface area contributed by atoms with E-state index in [0.29, 0.717) is 6.54 Å². The van der Waals surface area contributed by atoms with Crippen LogP contribution in [0, 0.1) is 0 Å². The highest BCUT2D eigenvalue weighted by molar-refractivity contribution is 6.20. The van der Waals surface area contributed by atoms with Gasteiger partial charge in [0.05, 0.1) is 0 Å². The number of benzene rings is 1. The van der Waals surface area contributed by atoms with E-state index in [4.69, 9.17) is 11.6 Å². The highest BCUT2D eigenvalue weighted by atomic mass is 35.5. The molecule has 17 heavy (non-hydrogen) atoms. The van der Waals surface area contributed by atoms with Crippen molar-refractivity contribution >= 4 is 17.5 Å². The van der Waals surface area contributed by atoms with Crippen LogP contribution in [0.4, 0.5) is 0 Å². The fourth-order valence-corrected chi connectivity index (χ4v) is 1.59. The molecule has 0 fully saturated rings. The Morgan fingerprint density at radius 2 is 2.00 bits per heavy atom. The molecule has 0 aliphatic heterocycles. The standard InChI is InChI=1S/C12H16ClNO3/c1-8(13)4-3-7-14-12(17)11-9(15)5-2-6-10(11)16/h2,5-6,8,15-16H,3-4,7H2,1H3,(H,14,17). The molecule has 1 unspecified atom stereocenters. The molecule has 1 aromatic carbocycles. The molecule has 3 N–H and O–H groups in total. The van der Waals surface area contributed by atoms with E-state index in [1.807, 2.05) is 6.92 Å². The molecule has 0 aliphatic carbocycles. The van der Waals surface area contributed by atoms with Gasteiger partial charge in [0.15, 0.2) is 0 Å². The Kier molecular flexibility index (Phi) is 5.10. The van der Waals surface area contributed by atoms with Gasteiger partial charge in [-0.15, -0.1) is 11.6 Å². The first-order valence-corrected chi connectivity index (χ1v) is 5.89. The number of alkyl halides is 1. The molecule has 0 heterocycles. The number of hydrogen-bond acceptors (Lipinski definition) is 3. The van der Waals surface area contributed by atoms with Gasteiger partial charge in [0, 0.05) is 11.9 Å². The first-order valence-electron chi connectivity index (χ1n) is 5.45. The van der Waals surface area contributed by atoms with E-state index in [1.165, 1.54) is 18.2 Å². The first-order chi connectivity index (χ1) is 8.02. The van der Waals surface area contributed by atoms with Gasteiger partial charge in [0.2, 0.25) is 0 Å². The molecule has 0 bridgehead atoms. The van der Waals surface area contributed by atoms with Gasteiger partial charge in [-0.05, 0) is 31.9 Å². The number of hydrogen-bond donors (Lipinski definition) is 3. The second kappa shape index (κ2) is 6.35. The minimum absolute atomic E-state index is 0.0745. The summed E-state index contributed by atoms with van der Waals surface area (Å²) < 4.78 is 0. The number of phenols is 2. The predicted molar refractivity (Wildman–Crippen MR) is 66.7 cm³/mol. The Hall–Kier alpha value is -1.42. The summed E-state index contributed by atoms with van der Waals surface area (Å²) in [6, 6.07) is 4.18. The van der Waals surface area contributed by atoms with Crippen molar-refractivity contribution in [3.8, 4) is 11.5 Å².